The molecule has 0 spiro atoms. The molecule has 0 fully saturated rings. The molecule has 0 aliphatic carbocycles. The lowest BCUT2D eigenvalue weighted by Crippen LogP contribution is -2.46. The number of alkyl halides is 3. The summed E-state index contributed by atoms with van der Waals surface area (Å²) in [5.74, 6) is -3.68. The highest BCUT2D eigenvalue weighted by molar-refractivity contribution is 5.67. The molecule has 3 atom stereocenters. The van der Waals surface area contributed by atoms with Crippen LogP contribution in [0.4, 0.5) is 13.2 Å². The number of carboxylic acids is 1. The van der Waals surface area contributed by atoms with E-state index in [2.05, 4.69) is 0 Å². The Morgan fingerprint density at radius 2 is 1.90 bits per heavy atom. The normalized spacial score (nSPS) is 16.2. The van der Waals surface area contributed by atoms with E-state index in [0.717, 1.165) is 0 Å². The van der Waals surface area contributed by atoms with Crippen molar-refractivity contribution in [3.8, 4) is 0 Å². The SMILES string of the molecule is C[C@H](N)[C@H](OCc1ccccc1)[C@@H](CC(=O)O)C(F)(F)F. The van der Waals surface area contributed by atoms with Crippen molar-refractivity contribution < 1.29 is 27.8 Å². The van der Waals surface area contributed by atoms with Gasteiger partial charge < -0.3 is 15.6 Å². The molecule has 3 N–H and O–H groups in total. The molecule has 1 rings (SSSR count). The fraction of sp³-hybridized carbons (Fsp3) is 0.500. The maximum atomic E-state index is 13.0. The lowest BCUT2D eigenvalue weighted by molar-refractivity contribution is -0.216. The molecule has 21 heavy (non-hydrogen) atoms. The van der Waals surface area contributed by atoms with E-state index < -0.39 is 36.6 Å². The monoisotopic (exact) mass is 305 g/mol. The summed E-state index contributed by atoms with van der Waals surface area (Å²) < 4.78 is 44.3. The maximum absolute atomic E-state index is 13.0. The molecule has 118 valence electrons. The Labute approximate surface area is 120 Å². The number of hydrogen-bond acceptors (Lipinski definition) is 3. The standard InChI is InChI=1S/C14H18F3NO3/c1-9(18)13(11(7-12(19)20)14(15,16)17)21-8-10-5-3-2-4-6-10/h2-6,9,11,13H,7-8,18H2,1H3,(H,19,20)/t9-,11+,13-/m0/s1. The third-order valence-electron chi connectivity index (χ3n) is 3.02. The number of carbonyl (C=O) groups is 1. The number of nitrogens with two attached hydrogens (primary N) is 1. The van der Waals surface area contributed by atoms with E-state index in [1.54, 1.807) is 30.3 Å². The summed E-state index contributed by atoms with van der Waals surface area (Å²) in [7, 11) is 0. The molecular weight excluding hydrogens is 287 g/mol. The first-order valence-electron chi connectivity index (χ1n) is 6.41. The van der Waals surface area contributed by atoms with Gasteiger partial charge in [0, 0.05) is 6.04 Å². The van der Waals surface area contributed by atoms with E-state index in [1.807, 2.05) is 0 Å². The van der Waals surface area contributed by atoms with Crippen molar-refractivity contribution in [2.75, 3.05) is 0 Å². The van der Waals surface area contributed by atoms with Crippen LogP contribution < -0.4 is 5.73 Å². The van der Waals surface area contributed by atoms with Crippen molar-refractivity contribution in [2.45, 2.75) is 38.3 Å². The number of carboxylic acid groups (broad SMARTS) is 1. The minimum atomic E-state index is -4.69. The van der Waals surface area contributed by atoms with E-state index in [9.17, 15) is 18.0 Å². The zero-order chi connectivity index (χ0) is 16.0. The van der Waals surface area contributed by atoms with Gasteiger partial charge in [-0.25, -0.2) is 0 Å². The highest BCUT2D eigenvalue weighted by atomic mass is 19.4. The summed E-state index contributed by atoms with van der Waals surface area (Å²) in [5, 5.41) is 8.67. The van der Waals surface area contributed by atoms with Gasteiger partial charge >= 0.3 is 12.1 Å². The van der Waals surface area contributed by atoms with E-state index in [1.165, 1.54) is 6.92 Å². The fourth-order valence-corrected chi connectivity index (χ4v) is 2.01. The van der Waals surface area contributed by atoms with Crippen LogP contribution >= 0.6 is 0 Å². The number of aliphatic carboxylic acids is 1. The van der Waals surface area contributed by atoms with Crippen LogP contribution in [0.1, 0.15) is 18.9 Å². The summed E-state index contributed by atoms with van der Waals surface area (Å²) in [6.07, 6.45) is -7.17. The van der Waals surface area contributed by atoms with Gasteiger partial charge in [-0.1, -0.05) is 30.3 Å². The third kappa shape index (κ3) is 5.73. The third-order valence-corrected chi connectivity index (χ3v) is 3.02. The van der Waals surface area contributed by atoms with Gasteiger partial charge in [-0.3, -0.25) is 4.79 Å². The Hall–Kier alpha value is -1.60. The van der Waals surface area contributed by atoms with Crippen LogP contribution in [0.2, 0.25) is 0 Å². The van der Waals surface area contributed by atoms with Crippen LogP contribution in [0.3, 0.4) is 0 Å². The maximum Gasteiger partial charge on any atom is 0.394 e. The van der Waals surface area contributed by atoms with Crippen LogP contribution in [-0.4, -0.2) is 29.4 Å². The van der Waals surface area contributed by atoms with Crippen LogP contribution in [0.5, 0.6) is 0 Å². The first kappa shape index (κ1) is 17.5. The molecule has 0 saturated carbocycles. The number of rotatable bonds is 7. The van der Waals surface area contributed by atoms with Crippen molar-refractivity contribution in [2.24, 2.45) is 11.7 Å². The molecule has 0 unspecified atom stereocenters. The van der Waals surface area contributed by atoms with Gasteiger partial charge in [0.15, 0.2) is 0 Å². The van der Waals surface area contributed by atoms with E-state index in [0.29, 0.717) is 5.56 Å². The largest absolute Gasteiger partial charge is 0.481 e. The zero-order valence-electron chi connectivity index (χ0n) is 11.5. The van der Waals surface area contributed by atoms with Gasteiger partial charge in [0.2, 0.25) is 0 Å². The van der Waals surface area contributed by atoms with Crippen LogP contribution in [0.25, 0.3) is 0 Å². The quantitative estimate of drug-likeness (QED) is 0.812. The highest BCUT2D eigenvalue weighted by Gasteiger charge is 2.47. The minimum absolute atomic E-state index is 0.0563. The van der Waals surface area contributed by atoms with Crippen LogP contribution in [-0.2, 0) is 16.1 Å². The summed E-state index contributed by atoms with van der Waals surface area (Å²) in [4.78, 5) is 10.7. The highest BCUT2D eigenvalue weighted by Crippen LogP contribution is 2.34. The number of hydrogen-bond donors (Lipinski definition) is 2. The van der Waals surface area contributed by atoms with E-state index in [4.69, 9.17) is 15.6 Å². The number of halogens is 3. The molecule has 0 aliphatic heterocycles. The van der Waals surface area contributed by atoms with E-state index in [-0.39, 0.29) is 6.61 Å². The molecule has 7 heteroatoms. The average molecular weight is 305 g/mol. The smallest absolute Gasteiger partial charge is 0.394 e. The Kier molecular flexibility index (Phi) is 6.17. The lowest BCUT2D eigenvalue weighted by Gasteiger charge is -2.30. The molecule has 0 heterocycles. The summed E-state index contributed by atoms with van der Waals surface area (Å²) in [6, 6.07) is 7.71. The molecular formula is C14H18F3NO3. The van der Waals surface area contributed by atoms with Crippen molar-refractivity contribution in [1.29, 1.82) is 0 Å². The Balaban J connectivity index is 2.84. The van der Waals surface area contributed by atoms with Gasteiger partial charge in [-0.2, -0.15) is 13.2 Å². The predicted octanol–water partition coefficient (Wildman–Crippen LogP) is 2.57. The molecule has 0 aliphatic rings. The molecule has 0 amide bonds. The summed E-state index contributed by atoms with van der Waals surface area (Å²) >= 11 is 0. The van der Waals surface area contributed by atoms with Gasteiger partial charge in [-0.15, -0.1) is 0 Å². The number of ether oxygens (including phenoxy) is 1. The molecule has 1 aromatic rings. The van der Waals surface area contributed by atoms with Gasteiger partial charge in [0.25, 0.3) is 0 Å². The van der Waals surface area contributed by atoms with Crippen molar-refractivity contribution in [3.05, 3.63) is 35.9 Å². The molecule has 0 saturated heterocycles. The topological polar surface area (TPSA) is 72.5 Å². The lowest BCUT2D eigenvalue weighted by atomic mass is 9.93. The van der Waals surface area contributed by atoms with Crippen molar-refractivity contribution in [1.82, 2.24) is 0 Å². The average Bonchev–Trinajstić information content (AvgIpc) is 2.37. The number of benzene rings is 1. The zero-order valence-corrected chi connectivity index (χ0v) is 11.5. The first-order chi connectivity index (χ1) is 9.71. The second kappa shape index (κ2) is 7.42. The summed E-state index contributed by atoms with van der Waals surface area (Å²) in [6.45, 7) is 1.31. The fourth-order valence-electron chi connectivity index (χ4n) is 2.01. The molecule has 4 nitrogen and oxygen atoms in total. The first-order valence-corrected chi connectivity index (χ1v) is 6.41. The summed E-state index contributed by atoms with van der Waals surface area (Å²) in [5.41, 5.74) is 6.25. The second-order valence-electron chi connectivity index (χ2n) is 4.87. The Morgan fingerprint density at radius 3 is 2.33 bits per heavy atom. The molecule has 0 radical (unpaired) electrons. The second-order valence-corrected chi connectivity index (χ2v) is 4.87. The minimum Gasteiger partial charge on any atom is -0.481 e. The van der Waals surface area contributed by atoms with E-state index >= 15 is 0 Å². The van der Waals surface area contributed by atoms with Crippen molar-refractivity contribution in [3.63, 3.8) is 0 Å². The van der Waals surface area contributed by atoms with Gasteiger partial charge in [0.1, 0.15) is 0 Å². The Bertz CT molecular complexity index is 449. The van der Waals surface area contributed by atoms with Crippen LogP contribution in [0.15, 0.2) is 30.3 Å². The molecule has 0 bridgehead atoms. The van der Waals surface area contributed by atoms with Gasteiger partial charge in [-0.05, 0) is 12.5 Å². The molecule has 0 aromatic heterocycles. The van der Waals surface area contributed by atoms with Crippen molar-refractivity contribution >= 4 is 5.97 Å². The predicted molar refractivity (Wildman–Crippen MR) is 70.5 cm³/mol. The van der Waals surface area contributed by atoms with Gasteiger partial charge in [0.05, 0.1) is 25.0 Å². The Morgan fingerprint density at radius 1 is 1.33 bits per heavy atom. The van der Waals surface area contributed by atoms with Crippen LogP contribution in [0, 0.1) is 5.92 Å². The molecule has 1 aromatic carbocycles.